The predicted molar refractivity (Wildman–Crippen MR) is 78.1 cm³/mol. The third kappa shape index (κ3) is 3.01. The van der Waals surface area contributed by atoms with Gasteiger partial charge < -0.3 is 4.74 Å². The molecule has 2 heterocycles. The van der Waals surface area contributed by atoms with Crippen molar-refractivity contribution in [1.29, 1.82) is 0 Å². The molecule has 2 aliphatic rings. The maximum atomic E-state index is 12.5. The van der Waals surface area contributed by atoms with E-state index in [1.54, 1.807) is 4.31 Å². The van der Waals surface area contributed by atoms with Crippen molar-refractivity contribution in [3.63, 3.8) is 0 Å². The molecule has 0 spiro atoms. The van der Waals surface area contributed by atoms with Crippen molar-refractivity contribution in [2.75, 3.05) is 13.1 Å². The third-order valence-electron chi connectivity index (χ3n) is 3.93. The summed E-state index contributed by atoms with van der Waals surface area (Å²) in [6.07, 6.45) is 2.12. The molecule has 0 amide bonds. The van der Waals surface area contributed by atoms with Crippen molar-refractivity contribution in [2.45, 2.75) is 36.7 Å². The number of hydrogen-bond donors (Lipinski definition) is 0. The van der Waals surface area contributed by atoms with Crippen LogP contribution in [0.15, 0.2) is 24.3 Å². The van der Waals surface area contributed by atoms with Crippen LogP contribution < -0.4 is 0 Å². The van der Waals surface area contributed by atoms with Gasteiger partial charge in [0, 0.05) is 19.0 Å². The van der Waals surface area contributed by atoms with Crippen LogP contribution >= 0.6 is 11.6 Å². The Bertz CT molecular complexity index is 561. The van der Waals surface area contributed by atoms with Gasteiger partial charge in [-0.05, 0) is 24.0 Å². The number of nitrogens with zero attached hydrogens (tertiary/aromatic N) is 1. The highest BCUT2D eigenvalue weighted by atomic mass is 35.5. The van der Waals surface area contributed by atoms with Crippen LogP contribution in [0.5, 0.6) is 0 Å². The first-order chi connectivity index (χ1) is 9.56. The standard InChI is InChI=1S/C14H18ClNO3S/c15-7-11-1-3-12(4-2-11)10-20(17,18)16-8-13-5-6-14(9-16)19-13/h1-4,13-14H,5-10H2. The molecule has 4 nitrogen and oxygen atoms in total. The van der Waals surface area contributed by atoms with Crippen molar-refractivity contribution >= 4 is 21.6 Å². The smallest absolute Gasteiger partial charge is 0.218 e. The molecule has 6 heteroatoms. The van der Waals surface area contributed by atoms with Crippen molar-refractivity contribution in [1.82, 2.24) is 4.31 Å². The molecule has 0 saturated carbocycles. The minimum atomic E-state index is -3.26. The first kappa shape index (κ1) is 14.3. The highest BCUT2D eigenvalue weighted by Crippen LogP contribution is 2.28. The second kappa shape index (κ2) is 5.64. The molecule has 2 atom stereocenters. The van der Waals surface area contributed by atoms with E-state index in [4.69, 9.17) is 16.3 Å². The van der Waals surface area contributed by atoms with Crippen LogP contribution in [0.3, 0.4) is 0 Å². The number of halogens is 1. The minimum absolute atomic E-state index is 0.0506. The largest absolute Gasteiger partial charge is 0.372 e. The first-order valence-corrected chi connectivity index (χ1v) is 8.98. The van der Waals surface area contributed by atoms with Gasteiger partial charge in [0.2, 0.25) is 10.0 Å². The van der Waals surface area contributed by atoms with Crippen LogP contribution in [0.1, 0.15) is 24.0 Å². The number of alkyl halides is 1. The van der Waals surface area contributed by atoms with E-state index in [1.165, 1.54) is 0 Å². The number of rotatable bonds is 4. The molecule has 2 saturated heterocycles. The van der Waals surface area contributed by atoms with Gasteiger partial charge in [-0.1, -0.05) is 24.3 Å². The molecule has 0 aromatic heterocycles. The lowest BCUT2D eigenvalue weighted by Gasteiger charge is -2.31. The molecule has 2 fully saturated rings. The molecule has 0 radical (unpaired) electrons. The lowest BCUT2D eigenvalue weighted by molar-refractivity contribution is -0.0115. The summed E-state index contributed by atoms with van der Waals surface area (Å²) < 4.78 is 32.2. The highest BCUT2D eigenvalue weighted by molar-refractivity contribution is 7.88. The number of morpholine rings is 1. The van der Waals surface area contributed by atoms with Gasteiger partial charge in [-0.25, -0.2) is 8.42 Å². The summed E-state index contributed by atoms with van der Waals surface area (Å²) in [4.78, 5) is 0. The van der Waals surface area contributed by atoms with Crippen molar-refractivity contribution in [3.8, 4) is 0 Å². The molecule has 1 aromatic rings. The summed E-state index contributed by atoms with van der Waals surface area (Å²) in [5, 5.41) is 0. The van der Waals surface area contributed by atoms with E-state index in [9.17, 15) is 8.42 Å². The van der Waals surface area contributed by atoms with Gasteiger partial charge in [-0.2, -0.15) is 4.31 Å². The van der Waals surface area contributed by atoms with Crippen molar-refractivity contribution in [3.05, 3.63) is 35.4 Å². The summed E-state index contributed by atoms with van der Waals surface area (Å²) in [6.45, 7) is 0.997. The minimum Gasteiger partial charge on any atom is -0.372 e. The van der Waals surface area contributed by atoms with E-state index in [-0.39, 0.29) is 18.0 Å². The van der Waals surface area contributed by atoms with Gasteiger partial charge in [0.05, 0.1) is 18.0 Å². The van der Waals surface area contributed by atoms with Gasteiger partial charge in [0.15, 0.2) is 0 Å². The lowest BCUT2D eigenvalue weighted by Crippen LogP contribution is -2.46. The van der Waals surface area contributed by atoms with E-state index >= 15 is 0 Å². The molecule has 2 bridgehead atoms. The molecule has 0 aliphatic carbocycles. The maximum absolute atomic E-state index is 12.5. The molecule has 2 aliphatic heterocycles. The fraction of sp³-hybridized carbons (Fsp3) is 0.571. The van der Waals surface area contributed by atoms with Crippen LogP contribution in [0, 0.1) is 0 Å². The van der Waals surface area contributed by atoms with Crippen molar-refractivity contribution < 1.29 is 13.2 Å². The topological polar surface area (TPSA) is 46.6 Å². The average Bonchev–Trinajstić information content (AvgIpc) is 2.77. The number of hydrogen-bond acceptors (Lipinski definition) is 3. The maximum Gasteiger partial charge on any atom is 0.218 e. The predicted octanol–water partition coefficient (Wildman–Crippen LogP) is 2.12. The number of sulfonamides is 1. The molecule has 110 valence electrons. The average molecular weight is 316 g/mol. The van der Waals surface area contributed by atoms with Gasteiger partial charge in [-0.15, -0.1) is 11.6 Å². The molecule has 2 unspecified atom stereocenters. The van der Waals surface area contributed by atoms with E-state index in [2.05, 4.69) is 0 Å². The Morgan fingerprint density at radius 2 is 1.65 bits per heavy atom. The third-order valence-corrected chi connectivity index (χ3v) is 6.02. The molecule has 3 rings (SSSR count). The molecule has 1 aromatic carbocycles. The Balaban J connectivity index is 1.71. The zero-order chi connectivity index (χ0) is 14.2. The quantitative estimate of drug-likeness (QED) is 0.800. The Labute approximate surface area is 124 Å². The van der Waals surface area contributed by atoms with Crippen molar-refractivity contribution in [2.24, 2.45) is 0 Å². The van der Waals surface area contributed by atoms with E-state index in [0.29, 0.717) is 19.0 Å². The zero-order valence-electron chi connectivity index (χ0n) is 11.2. The Morgan fingerprint density at radius 1 is 1.10 bits per heavy atom. The molecule has 20 heavy (non-hydrogen) atoms. The molecule has 0 N–H and O–H groups in total. The van der Waals surface area contributed by atoms with Gasteiger partial charge in [0.25, 0.3) is 0 Å². The van der Waals surface area contributed by atoms with Crippen LogP contribution in [0.2, 0.25) is 0 Å². The fourth-order valence-electron chi connectivity index (χ4n) is 2.83. The Hall–Kier alpha value is -0.620. The van der Waals surface area contributed by atoms with Crippen LogP contribution in [0.4, 0.5) is 0 Å². The normalized spacial score (nSPS) is 26.9. The summed E-state index contributed by atoms with van der Waals surface area (Å²) in [7, 11) is -3.26. The number of fused-ring (bicyclic) bond motifs is 2. The van der Waals surface area contributed by atoms with Gasteiger partial charge in [0.1, 0.15) is 0 Å². The second-order valence-electron chi connectivity index (χ2n) is 5.48. The lowest BCUT2D eigenvalue weighted by atomic mass is 10.2. The van der Waals surface area contributed by atoms with Gasteiger partial charge in [-0.3, -0.25) is 0 Å². The van der Waals surface area contributed by atoms with Crippen LogP contribution in [0.25, 0.3) is 0 Å². The number of benzene rings is 1. The fourth-order valence-corrected chi connectivity index (χ4v) is 4.59. The van der Waals surface area contributed by atoms with Crippen LogP contribution in [-0.2, 0) is 26.4 Å². The second-order valence-corrected chi connectivity index (χ2v) is 7.72. The van der Waals surface area contributed by atoms with E-state index in [0.717, 1.165) is 24.0 Å². The Kier molecular flexibility index (Phi) is 4.04. The highest BCUT2D eigenvalue weighted by Gasteiger charge is 2.38. The van der Waals surface area contributed by atoms with E-state index < -0.39 is 10.0 Å². The number of ether oxygens (including phenoxy) is 1. The summed E-state index contributed by atoms with van der Waals surface area (Å²) in [5.74, 6) is 0.495. The molecular formula is C14H18ClNO3S. The Morgan fingerprint density at radius 3 is 2.20 bits per heavy atom. The summed E-state index contributed by atoms with van der Waals surface area (Å²) in [5.41, 5.74) is 1.80. The summed E-state index contributed by atoms with van der Waals surface area (Å²) in [6, 6.07) is 7.43. The SMILES string of the molecule is O=S(=O)(Cc1ccc(CCl)cc1)N1CC2CCC(C1)O2. The van der Waals surface area contributed by atoms with E-state index in [1.807, 2.05) is 24.3 Å². The van der Waals surface area contributed by atoms with Gasteiger partial charge >= 0.3 is 0 Å². The summed E-state index contributed by atoms with van der Waals surface area (Å²) >= 11 is 5.73. The molecular weight excluding hydrogens is 298 g/mol. The zero-order valence-corrected chi connectivity index (χ0v) is 12.7. The van der Waals surface area contributed by atoms with Crippen LogP contribution in [-0.4, -0.2) is 38.0 Å². The monoisotopic (exact) mass is 315 g/mol. The first-order valence-electron chi connectivity index (χ1n) is 6.84.